The number of carbonyl (C=O) groups is 1. The van der Waals surface area contributed by atoms with Gasteiger partial charge in [-0.2, -0.15) is 9.63 Å². The van der Waals surface area contributed by atoms with E-state index in [-0.39, 0.29) is 24.5 Å². The Morgan fingerprint density at radius 3 is 2.70 bits per heavy atom. The van der Waals surface area contributed by atoms with Crippen LogP contribution in [0.15, 0.2) is 46.1 Å². The standard InChI is InChI=1S/C24H29N3O6/c1-16-14-25(24(30)27(22(16)28)23(29)17-7-3-2-4-8-17)19-10-11-26-20(19)13-18(33-26)15-32-21-9-5-6-12-31-21/h2-4,7-8,14,18-21H,5-6,9-13,15H2,1H3/t18-,19-,20-,21?/m1/s1. The molecule has 0 aliphatic carbocycles. The number of fused-ring (bicyclic) bond motifs is 1. The molecule has 0 N–H and O–H groups in total. The van der Waals surface area contributed by atoms with Gasteiger partial charge in [-0.15, -0.1) is 0 Å². The molecule has 33 heavy (non-hydrogen) atoms. The first-order chi connectivity index (χ1) is 16.0. The van der Waals surface area contributed by atoms with Gasteiger partial charge in [0.05, 0.1) is 18.7 Å². The van der Waals surface area contributed by atoms with Crippen LogP contribution < -0.4 is 11.2 Å². The van der Waals surface area contributed by atoms with E-state index in [2.05, 4.69) is 0 Å². The maximum absolute atomic E-state index is 13.4. The number of hydrogen-bond donors (Lipinski definition) is 0. The fourth-order valence-electron chi connectivity index (χ4n) is 5.02. The summed E-state index contributed by atoms with van der Waals surface area (Å²) in [6, 6.07) is 8.17. The minimum absolute atomic E-state index is 0.0271. The molecular weight excluding hydrogens is 426 g/mol. The number of hydrogen-bond acceptors (Lipinski definition) is 7. The first-order valence-corrected chi connectivity index (χ1v) is 11.6. The third-order valence-corrected chi connectivity index (χ3v) is 6.72. The molecule has 0 spiro atoms. The molecule has 3 aliphatic rings. The Labute approximate surface area is 191 Å². The van der Waals surface area contributed by atoms with E-state index in [0.717, 1.165) is 30.4 Å². The molecule has 1 unspecified atom stereocenters. The normalized spacial score (nSPS) is 27.5. The van der Waals surface area contributed by atoms with Crippen LogP contribution in [0, 0.1) is 6.92 Å². The van der Waals surface area contributed by atoms with Crippen molar-refractivity contribution in [3.8, 4) is 0 Å². The number of nitrogens with zero attached hydrogens (tertiary/aromatic N) is 3. The first-order valence-electron chi connectivity index (χ1n) is 11.6. The van der Waals surface area contributed by atoms with Crippen molar-refractivity contribution in [1.82, 2.24) is 14.2 Å². The molecule has 4 atom stereocenters. The van der Waals surface area contributed by atoms with Crippen LogP contribution in [0.2, 0.25) is 0 Å². The monoisotopic (exact) mass is 455 g/mol. The summed E-state index contributed by atoms with van der Waals surface area (Å²) in [5.74, 6) is -0.612. The Morgan fingerprint density at radius 2 is 1.94 bits per heavy atom. The predicted molar refractivity (Wildman–Crippen MR) is 119 cm³/mol. The maximum Gasteiger partial charge on any atom is 0.338 e. The molecule has 4 heterocycles. The molecule has 3 saturated heterocycles. The van der Waals surface area contributed by atoms with E-state index < -0.39 is 17.2 Å². The molecule has 5 rings (SSSR count). The lowest BCUT2D eigenvalue weighted by atomic mass is 10.0. The highest BCUT2D eigenvalue weighted by Gasteiger charge is 2.45. The molecular formula is C24H29N3O6. The zero-order chi connectivity index (χ0) is 22.9. The molecule has 3 aliphatic heterocycles. The summed E-state index contributed by atoms with van der Waals surface area (Å²) < 4.78 is 13.8. The summed E-state index contributed by atoms with van der Waals surface area (Å²) in [4.78, 5) is 45.2. The topological polar surface area (TPSA) is 92.0 Å². The van der Waals surface area contributed by atoms with E-state index in [4.69, 9.17) is 14.3 Å². The Kier molecular flexibility index (Phi) is 6.29. The van der Waals surface area contributed by atoms with Crippen molar-refractivity contribution in [1.29, 1.82) is 0 Å². The number of hydroxylamine groups is 2. The maximum atomic E-state index is 13.4. The number of benzene rings is 1. The van der Waals surface area contributed by atoms with Crippen LogP contribution in [0.25, 0.3) is 0 Å². The molecule has 9 nitrogen and oxygen atoms in total. The molecule has 2 aromatic rings. The number of carbonyl (C=O) groups excluding carboxylic acids is 1. The highest BCUT2D eigenvalue weighted by Crippen LogP contribution is 2.37. The van der Waals surface area contributed by atoms with Gasteiger partial charge in [-0.05, 0) is 51.2 Å². The van der Waals surface area contributed by atoms with Gasteiger partial charge in [-0.3, -0.25) is 19.0 Å². The van der Waals surface area contributed by atoms with Crippen LogP contribution in [-0.2, 0) is 14.3 Å². The lowest BCUT2D eigenvalue weighted by Gasteiger charge is -2.24. The second-order valence-electron chi connectivity index (χ2n) is 8.97. The van der Waals surface area contributed by atoms with Gasteiger partial charge >= 0.3 is 5.69 Å². The average Bonchev–Trinajstić information content (AvgIpc) is 3.42. The van der Waals surface area contributed by atoms with Crippen molar-refractivity contribution in [2.24, 2.45) is 0 Å². The fourth-order valence-corrected chi connectivity index (χ4v) is 5.02. The lowest BCUT2D eigenvalue weighted by molar-refractivity contribution is -0.206. The molecule has 1 aromatic carbocycles. The SMILES string of the molecule is Cc1cn([C@@H]2CCN3O[C@@H](COC4CCCCO4)C[C@H]23)c(=O)n(C(=O)c2ccccc2)c1=O. The van der Waals surface area contributed by atoms with E-state index in [1.165, 1.54) is 0 Å². The van der Waals surface area contributed by atoms with Crippen LogP contribution >= 0.6 is 0 Å². The number of rotatable bonds is 5. The minimum Gasteiger partial charge on any atom is -0.353 e. The van der Waals surface area contributed by atoms with Gasteiger partial charge in [0, 0.05) is 30.5 Å². The second-order valence-corrected chi connectivity index (χ2v) is 8.97. The highest BCUT2D eigenvalue weighted by molar-refractivity contribution is 5.95. The van der Waals surface area contributed by atoms with E-state index >= 15 is 0 Å². The van der Waals surface area contributed by atoms with Crippen LogP contribution in [0.4, 0.5) is 0 Å². The van der Waals surface area contributed by atoms with Gasteiger partial charge < -0.3 is 9.47 Å². The molecule has 0 saturated carbocycles. The third-order valence-electron chi connectivity index (χ3n) is 6.72. The van der Waals surface area contributed by atoms with Gasteiger partial charge in [0.25, 0.3) is 11.5 Å². The van der Waals surface area contributed by atoms with E-state index in [1.807, 2.05) is 5.06 Å². The van der Waals surface area contributed by atoms with Crippen molar-refractivity contribution in [3.63, 3.8) is 0 Å². The fraction of sp³-hybridized carbons (Fsp3) is 0.542. The Morgan fingerprint density at radius 1 is 1.12 bits per heavy atom. The first kappa shape index (κ1) is 22.2. The summed E-state index contributed by atoms with van der Waals surface area (Å²) >= 11 is 0. The largest absolute Gasteiger partial charge is 0.353 e. The lowest BCUT2D eigenvalue weighted by Crippen LogP contribution is -2.46. The van der Waals surface area contributed by atoms with Crippen molar-refractivity contribution in [2.45, 2.75) is 63.5 Å². The number of ether oxygens (including phenoxy) is 2. The molecule has 3 fully saturated rings. The van der Waals surface area contributed by atoms with E-state index in [1.54, 1.807) is 48.0 Å². The Bertz CT molecular complexity index is 1120. The van der Waals surface area contributed by atoms with Gasteiger partial charge in [-0.1, -0.05) is 18.2 Å². The molecule has 9 heteroatoms. The predicted octanol–water partition coefficient (Wildman–Crippen LogP) is 1.87. The van der Waals surface area contributed by atoms with Crippen molar-refractivity contribution >= 4 is 5.91 Å². The molecule has 0 radical (unpaired) electrons. The summed E-state index contributed by atoms with van der Waals surface area (Å²) in [6.07, 6.45) is 5.76. The second kappa shape index (κ2) is 9.34. The van der Waals surface area contributed by atoms with Crippen molar-refractivity contribution in [3.05, 3.63) is 68.5 Å². The molecule has 0 amide bonds. The van der Waals surface area contributed by atoms with Gasteiger partial charge in [0.2, 0.25) is 0 Å². The van der Waals surface area contributed by atoms with Gasteiger partial charge in [0.1, 0.15) is 6.10 Å². The molecule has 0 bridgehead atoms. The zero-order valence-corrected chi connectivity index (χ0v) is 18.7. The van der Waals surface area contributed by atoms with Gasteiger partial charge in [0.15, 0.2) is 6.29 Å². The van der Waals surface area contributed by atoms with E-state index in [0.29, 0.717) is 37.1 Å². The molecule has 1 aromatic heterocycles. The summed E-state index contributed by atoms with van der Waals surface area (Å²) in [6.45, 7) is 3.46. The smallest absolute Gasteiger partial charge is 0.338 e. The van der Waals surface area contributed by atoms with Crippen LogP contribution in [0.3, 0.4) is 0 Å². The Hall–Kier alpha value is -2.59. The highest BCUT2D eigenvalue weighted by atomic mass is 16.7. The summed E-state index contributed by atoms with van der Waals surface area (Å²) in [5, 5.41) is 1.91. The zero-order valence-electron chi connectivity index (χ0n) is 18.7. The third kappa shape index (κ3) is 4.33. The summed E-state index contributed by atoms with van der Waals surface area (Å²) in [7, 11) is 0. The molecule has 176 valence electrons. The minimum atomic E-state index is -0.612. The number of aromatic nitrogens is 2. The Balaban J connectivity index is 1.36. The van der Waals surface area contributed by atoms with E-state index in [9.17, 15) is 14.4 Å². The van der Waals surface area contributed by atoms with Gasteiger partial charge in [-0.25, -0.2) is 4.79 Å². The van der Waals surface area contributed by atoms with Crippen LogP contribution in [0.1, 0.15) is 54.1 Å². The van der Waals surface area contributed by atoms with Crippen molar-refractivity contribution < 1.29 is 19.1 Å². The van der Waals surface area contributed by atoms with Crippen molar-refractivity contribution in [2.75, 3.05) is 19.8 Å². The quantitative estimate of drug-likeness (QED) is 0.680. The van der Waals surface area contributed by atoms with Crippen LogP contribution in [0.5, 0.6) is 0 Å². The van der Waals surface area contributed by atoms with Crippen LogP contribution in [-0.4, -0.2) is 58.3 Å². The summed E-state index contributed by atoms with van der Waals surface area (Å²) in [5.41, 5.74) is -0.540. The number of aryl methyl sites for hydroxylation is 1. The average molecular weight is 456 g/mol.